The van der Waals surface area contributed by atoms with Gasteiger partial charge in [-0.05, 0) is 43.9 Å². The molecule has 0 saturated heterocycles. The molecule has 3 aliphatic carbocycles. The van der Waals surface area contributed by atoms with Gasteiger partial charge < -0.3 is 5.11 Å². The van der Waals surface area contributed by atoms with Crippen molar-refractivity contribution in [2.24, 2.45) is 5.41 Å². The fraction of sp³-hybridized carbons (Fsp3) is 0.800. The second-order valence-corrected chi connectivity index (χ2v) is 7.08. The van der Waals surface area contributed by atoms with E-state index in [1.807, 2.05) is 0 Å². The third-order valence-corrected chi connectivity index (χ3v) is 5.54. The van der Waals surface area contributed by atoms with Crippen molar-refractivity contribution in [1.82, 2.24) is 15.0 Å². The predicted molar refractivity (Wildman–Crippen MR) is 72.4 cm³/mol. The molecule has 1 N–H and O–H groups in total. The summed E-state index contributed by atoms with van der Waals surface area (Å²) in [4.78, 5) is 13.3. The second-order valence-electron chi connectivity index (χ2n) is 7.08. The Hall–Kier alpha value is -1.39. The highest BCUT2D eigenvalue weighted by Crippen LogP contribution is 2.59. The maximum absolute atomic E-state index is 11.8. The largest absolute Gasteiger partial charge is 0.479 e. The van der Waals surface area contributed by atoms with Crippen molar-refractivity contribution in [2.75, 3.05) is 0 Å². The molecule has 3 saturated carbocycles. The fourth-order valence-electron chi connectivity index (χ4n) is 4.27. The summed E-state index contributed by atoms with van der Waals surface area (Å²) in [6.07, 6.45) is 11.7. The summed E-state index contributed by atoms with van der Waals surface area (Å²) in [6, 6.07) is 0. The molecule has 1 aromatic heterocycles. The number of aliphatic carboxylic acids is 1. The van der Waals surface area contributed by atoms with Crippen molar-refractivity contribution in [3.63, 3.8) is 0 Å². The van der Waals surface area contributed by atoms with Gasteiger partial charge in [-0.15, -0.1) is 0 Å². The van der Waals surface area contributed by atoms with Gasteiger partial charge in [-0.3, -0.25) is 0 Å². The first-order valence-corrected chi connectivity index (χ1v) is 7.80. The first kappa shape index (κ1) is 12.4. The van der Waals surface area contributed by atoms with Crippen molar-refractivity contribution >= 4 is 5.97 Å². The lowest BCUT2D eigenvalue weighted by molar-refractivity contribution is -0.168. The van der Waals surface area contributed by atoms with Gasteiger partial charge in [-0.25, -0.2) is 4.79 Å². The van der Waals surface area contributed by atoms with Gasteiger partial charge in [0.05, 0.1) is 11.9 Å². The van der Waals surface area contributed by atoms with Gasteiger partial charge in [-0.2, -0.15) is 15.0 Å². The van der Waals surface area contributed by atoms with Crippen LogP contribution < -0.4 is 0 Å². The average Bonchev–Trinajstić information content (AvgIpc) is 3.14. The summed E-state index contributed by atoms with van der Waals surface area (Å²) in [5, 5.41) is 18.5. The van der Waals surface area contributed by atoms with Crippen molar-refractivity contribution in [2.45, 2.75) is 69.2 Å². The van der Waals surface area contributed by atoms with Gasteiger partial charge in [-0.1, -0.05) is 19.3 Å². The van der Waals surface area contributed by atoms with E-state index in [0.29, 0.717) is 18.8 Å². The Morgan fingerprint density at radius 2 is 1.95 bits per heavy atom. The van der Waals surface area contributed by atoms with Crippen LogP contribution in [-0.4, -0.2) is 26.1 Å². The molecule has 0 bridgehead atoms. The summed E-state index contributed by atoms with van der Waals surface area (Å²) in [6.45, 7) is 0. The van der Waals surface area contributed by atoms with Crippen LogP contribution in [0.1, 0.15) is 69.4 Å². The minimum atomic E-state index is -0.871. The third-order valence-electron chi connectivity index (χ3n) is 5.54. The van der Waals surface area contributed by atoms with E-state index in [0.717, 1.165) is 5.69 Å². The summed E-state index contributed by atoms with van der Waals surface area (Å²) >= 11 is 0. The Morgan fingerprint density at radius 1 is 1.25 bits per heavy atom. The highest BCUT2D eigenvalue weighted by Gasteiger charge is 2.61. The van der Waals surface area contributed by atoms with Crippen molar-refractivity contribution in [3.8, 4) is 0 Å². The fourth-order valence-corrected chi connectivity index (χ4v) is 4.27. The normalized spacial score (nSPS) is 27.2. The van der Waals surface area contributed by atoms with E-state index in [1.165, 1.54) is 49.7 Å². The molecule has 1 aromatic rings. The zero-order valence-corrected chi connectivity index (χ0v) is 11.7. The Morgan fingerprint density at radius 3 is 2.55 bits per heavy atom. The van der Waals surface area contributed by atoms with E-state index < -0.39 is 11.5 Å². The maximum atomic E-state index is 11.8. The first-order valence-electron chi connectivity index (χ1n) is 7.80. The van der Waals surface area contributed by atoms with E-state index in [4.69, 9.17) is 0 Å². The second kappa shape index (κ2) is 4.06. The lowest BCUT2D eigenvalue weighted by Gasteiger charge is -2.54. The van der Waals surface area contributed by atoms with Crippen LogP contribution in [0.2, 0.25) is 0 Å². The molecular weight excluding hydrogens is 254 g/mol. The van der Waals surface area contributed by atoms with Crippen LogP contribution >= 0.6 is 0 Å². The Kier molecular flexibility index (Phi) is 2.51. The molecule has 0 radical (unpaired) electrons. The Bertz CT molecular complexity index is 533. The zero-order chi connectivity index (χ0) is 13.8. The highest BCUT2D eigenvalue weighted by molar-refractivity contribution is 5.78. The number of rotatable bonds is 3. The van der Waals surface area contributed by atoms with Gasteiger partial charge in [0.15, 0.2) is 5.54 Å². The van der Waals surface area contributed by atoms with Crippen LogP contribution in [-0.2, 0) is 10.3 Å². The zero-order valence-electron chi connectivity index (χ0n) is 11.7. The maximum Gasteiger partial charge on any atom is 0.333 e. The number of carboxylic acids is 1. The quantitative estimate of drug-likeness (QED) is 0.921. The number of carbonyl (C=O) groups is 1. The average molecular weight is 275 g/mol. The van der Waals surface area contributed by atoms with E-state index in [2.05, 4.69) is 10.2 Å². The summed E-state index contributed by atoms with van der Waals surface area (Å²) in [7, 11) is 0. The number of hydrogen-bond acceptors (Lipinski definition) is 3. The molecule has 0 unspecified atom stereocenters. The molecule has 1 spiro atoms. The topological polar surface area (TPSA) is 68.0 Å². The van der Waals surface area contributed by atoms with E-state index in [9.17, 15) is 9.90 Å². The molecule has 3 fully saturated rings. The van der Waals surface area contributed by atoms with Crippen LogP contribution in [0.4, 0.5) is 0 Å². The SMILES string of the molecule is O=C(O)C1(n2ncc(C3CC3)n2)CC2(CCCCC2)C1. The molecule has 108 valence electrons. The molecule has 0 aromatic carbocycles. The van der Waals surface area contributed by atoms with Crippen LogP contribution in [0.5, 0.6) is 0 Å². The minimum Gasteiger partial charge on any atom is -0.479 e. The number of nitrogens with zero attached hydrogens (tertiary/aromatic N) is 3. The van der Waals surface area contributed by atoms with Crippen molar-refractivity contribution in [3.05, 3.63) is 11.9 Å². The Labute approximate surface area is 118 Å². The van der Waals surface area contributed by atoms with Crippen molar-refractivity contribution < 1.29 is 9.90 Å². The molecule has 0 amide bonds. The smallest absolute Gasteiger partial charge is 0.333 e. The van der Waals surface area contributed by atoms with Crippen LogP contribution in [0.3, 0.4) is 0 Å². The van der Waals surface area contributed by atoms with Crippen molar-refractivity contribution in [1.29, 1.82) is 0 Å². The van der Waals surface area contributed by atoms with Gasteiger partial charge in [0.25, 0.3) is 0 Å². The summed E-state index contributed by atoms with van der Waals surface area (Å²) < 4.78 is 0. The van der Waals surface area contributed by atoms with E-state index in [1.54, 1.807) is 6.20 Å². The standard InChI is InChI=1S/C15H21N3O2/c19-13(20)15(9-14(10-15)6-2-1-3-7-14)18-16-8-12(17-18)11-4-5-11/h8,11H,1-7,9-10H2,(H,19,20). The van der Waals surface area contributed by atoms with E-state index in [-0.39, 0.29) is 5.41 Å². The van der Waals surface area contributed by atoms with Crippen LogP contribution in [0.15, 0.2) is 6.20 Å². The molecular formula is C15H21N3O2. The first-order chi connectivity index (χ1) is 9.64. The van der Waals surface area contributed by atoms with E-state index >= 15 is 0 Å². The third kappa shape index (κ3) is 1.71. The Balaban J connectivity index is 1.60. The summed E-state index contributed by atoms with van der Waals surface area (Å²) in [5.41, 5.74) is 0.365. The van der Waals surface area contributed by atoms with Crippen LogP contribution in [0.25, 0.3) is 0 Å². The lowest BCUT2D eigenvalue weighted by atomic mass is 9.52. The van der Waals surface area contributed by atoms with Gasteiger partial charge >= 0.3 is 5.97 Å². The molecule has 4 rings (SSSR count). The lowest BCUT2D eigenvalue weighted by Crippen LogP contribution is -2.59. The molecule has 3 aliphatic rings. The highest BCUT2D eigenvalue weighted by atomic mass is 16.4. The van der Waals surface area contributed by atoms with Gasteiger partial charge in [0, 0.05) is 5.92 Å². The predicted octanol–water partition coefficient (Wildman–Crippen LogP) is 2.68. The molecule has 5 nitrogen and oxygen atoms in total. The number of hydrogen-bond donors (Lipinski definition) is 1. The van der Waals surface area contributed by atoms with Crippen LogP contribution in [0, 0.1) is 5.41 Å². The molecule has 0 atom stereocenters. The molecule has 5 heteroatoms. The molecule has 0 aliphatic heterocycles. The van der Waals surface area contributed by atoms with Gasteiger partial charge in [0.1, 0.15) is 0 Å². The molecule has 1 heterocycles. The number of carboxylic acid groups (broad SMARTS) is 1. The summed E-state index contributed by atoms with van der Waals surface area (Å²) in [5.74, 6) is -0.232. The van der Waals surface area contributed by atoms with Gasteiger partial charge in [0.2, 0.25) is 0 Å². The number of aromatic nitrogens is 3. The minimum absolute atomic E-state index is 0.254. The molecule has 20 heavy (non-hydrogen) atoms. The monoisotopic (exact) mass is 275 g/mol.